The normalized spacial score (nSPS) is 11.7. The van der Waals surface area contributed by atoms with Crippen molar-refractivity contribution >= 4 is 23.0 Å². The molecule has 2 rings (SSSR count). The summed E-state index contributed by atoms with van der Waals surface area (Å²) in [6.45, 7) is 6.90. The van der Waals surface area contributed by atoms with Gasteiger partial charge in [-0.15, -0.1) is 11.3 Å². The molecule has 21 heavy (non-hydrogen) atoms. The molecule has 112 valence electrons. The van der Waals surface area contributed by atoms with Crippen LogP contribution in [0.3, 0.4) is 0 Å². The van der Waals surface area contributed by atoms with Gasteiger partial charge in [0.15, 0.2) is 5.96 Å². The molecule has 4 nitrogen and oxygen atoms in total. The van der Waals surface area contributed by atoms with Gasteiger partial charge in [0.05, 0.1) is 10.7 Å². The fourth-order valence-electron chi connectivity index (χ4n) is 2.15. The van der Waals surface area contributed by atoms with Crippen molar-refractivity contribution in [1.82, 2.24) is 4.98 Å². The SMILES string of the molecule is CCc1nc(CCN=C(N)Nc2cc(C)cc(C)c2)cs1. The molecule has 0 amide bonds. The number of nitrogens with two attached hydrogens (primary N) is 1. The van der Waals surface area contributed by atoms with Crippen molar-refractivity contribution in [1.29, 1.82) is 0 Å². The number of nitrogens with one attached hydrogen (secondary N) is 1. The lowest BCUT2D eigenvalue weighted by atomic mass is 10.1. The molecule has 0 aliphatic heterocycles. The Labute approximate surface area is 130 Å². The predicted octanol–water partition coefficient (Wildman–Crippen LogP) is 3.29. The van der Waals surface area contributed by atoms with Gasteiger partial charge in [-0.05, 0) is 43.5 Å². The van der Waals surface area contributed by atoms with Crippen molar-refractivity contribution in [2.45, 2.75) is 33.6 Å². The molecule has 1 heterocycles. The summed E-state index contributed by atoms with van der Waals surface area (Å²) in [5, 5.41) is 6.41. The zero-order valence-electron chi connectivity index (χ0n) is 12.8. The zero-order chi connectivity index (χ0) is 15.2. The van der Waals surface area contributed by atoms with Crippen molar-refractivity contribution < 1.29 is 0 Å². The third-order valence-corrected chi connectivity index (χ3v) is 4.09. The van der Waals surface area contributed by atoms with Crippen LogP contribution in [0.25, 0.3) is 0 Å². The van der Waals surface area contributed by atoms with E-state index in [1.807, 2.05) is 0 Å². The first kappa shape index (κ1) is 15.5. The molecule has 0 aliphatic rings. The minimum Gasteiger partial charge on any atom is -0.370 e. The first-order valence-corrected chi connectivity index (χ1v) is 8.03. The second-order valence-electron chi connectivity index (χ2n) is 5.10. The summed E-state index contributed by atoms with van der Waals surface area (Å²) in [7, 11) is 0. The minimum atomic E-state index is 0.450. The van der Waals surface area contributed by atoms with E-state index >= 15 is 0 Å². The smallest absolute Gasteiger partial charge is 0.193 e. The number of aliphatic imine (C=N–C) groups is 1. The highest BCUT2D eigenvalue weighted by Crippen LogP contribution is 2.13. The van der Waals surface area contributed by atoms with E-state index in [9.17, 15) is 0 Å². The Morgan fingerprint density at radius 2 is 2.00 bits per heavy atom. The summed E-state index contributed by atoms with van der Waals surface area (Å²) in [6.07, 6.45) is 1.82. The summed E-state index contributed by atoms with van der Waals surface area (Å²) in [5.74, 6) is 0.450. The lowest BCUT2D eigenvalue weighted by Crippen LogP contribution is -2.23. The third-order valence-electron chi connectivity index (χ3n) is 3.05. The topological polar surface area (TPSA) is 63.3 Å². The second kappa shape index (κ2) is 7.22. The van der Waals surface area contributed by atoms with E-state index in [4.69, 9.17) is 5.73 Å². The van der Waals surface area contributed by atoms with Gasteiger partial charge in [-0.25, -0.2) is 4.98 Å². The molecule has 0 bridgehead atoms. The molecule has 0 fully saturated rings. The highest BCUT2D eigenvalue weighted by Gasteiger charge is 2.01. The quantitative estimate of drug-likeness (QED) is 0.658. The van der Waals surface area contributed by atoms with Crippen molar-refractivity contribution in [2.75, 3.05) is 11.9 Å². The molecule has 0 aliphatic carbocycles. The van der Waals surface area contributed by atoms with E-state index in [0.717, 1.165) is 24.2 Å². The number of aromatic nitrogens is 1. The molecule has 0 radical (unpaired) electrons. The maximum Gasteiger partial charge on any atom is 0.193 e. The molecule has 0 saturated carbocycles. The second-order valence-corrected chi connectivity index (χ2v) is 6.05. The minimum absolute atomic E-state index is 0.450. The molecule has 1 aromatic carbocycles. The molecule has 0 saturated heterocycles. The van der Waals surface area contributed by atoms with Crippen molar-refractivity contribution in [2.24, 2.45) is 10.7 Å². The highest BCUT2D eigenvalue weighted by atomic mass is 32.1. The average Bonchev–Trinajstić information content (AvgIpc) is 2.85. The first-order chi connectivity index (χ1) is 10.1. The van der Waals surface area contributed by atoms with Gasteiger partial charge < -0.3 is 11.1 Å². The van der Waals surface area contributed by atoms with Gasteiger partial charge in [-0.3, -0.25) is 4.99 Å². The molecule has 3 N–H and O–H groups in total. The molecule has 2 aromatic rings. The van der Waals surface area contributed by atoms with Gasteiger partial charge >= 0.3 is 0 Å². The Bertz CT molecular complexity index is 611. The van der Waals surface area contributed by atoms with Gasteiger partial charge in [0.25, 0.3) is 0 Å². The molecule has 0 unspecified atom stereocenters. The van der Waals surface area contributed by atoms with Crippen LogP contribution in [0.4, 0.5) is 5.69 Å². The molecule has 1 aromatic heterocycles. The number of guanidine groups is 1. The van der Waals surface area contributed by atoms with E-state index in [-0.39, 0.29) is 0 Å². The van der Waals surface area contributed by atoms with Gasteiger partial charge in [0.2, 0.25) is 0 Å². The number of benzene rings is 1. The Hall–Kier alpha value is -1.88. The molecule has 0 atom stereocenters. The van der Waals surface area contributed by atoms with Crippen LogP contribution < -0.4 is 11.1 Å². The number of hydrogen-bond acceptors (Lipinski definition) is 3. The fourth-order valence-corrected chi connectivity index (χ4v) is 2.93. The maximum atomic E-state index is 5.92. The van der Waals surface area contributed by atoms with Crippen LogP contribution in [0.15, 0.2) is 28.6 Å². The number of rotatable bonds is 5. The monoisotopic (exact) mass is 302 g/mol. The number of nitrogens with zero attached hydrogens (tertiary/aromatic N) is 2. The number of hydrogen-bond donors (Lipinski definition) is 2. The van der Waals surface area contributed by atoms with Crippen LogP contribution in [0, 0.1) is 13.8 Å². The molecular weight excluding hydrogens is 280 g/mol. The Morgan fingerprint density at radius 1 is 1.29 bits per heavy atom. The Kier molecular flexibility index (Phi) is 5.33. The van der Waals surface area contributed by atoms with Crippen LogP contribution in [0.1, 0.15) is 28.8 Å². The standard InChI is InChI=1S/C16H22N4S/c1-4-15-19-13(10-21-15)5-6-18-16(17)20-14-8-11(2)7-12(3)9-14/h7-10H,4-6H2,1-3H3,(H3,17,18,20). The van der Waals surface area contributed by atoms with Crippen LogP contribution in [0.2, 0.25) is 0 Å². The van der Waals surface area contributed by atoms with Gasteiger partial charge in [-0.1, -0.05) is 13.0 Å². The van der Waals surface area contributed by atoms with Gasteiger partial charge in [0.1, 0.15) is 0 Å². The number of thiazole rings is 1. The van der Waals surface area contributed by atoms with E-state index in [2.05, 4.69) is 59.6 Å². The first-order valence-electron chi connectivity index (χ1n) is 7.15. The van der Waals surface area contributed by atoms with Crippen molar-refractivity contribution in [3.8, 4) is 0 Å². The van der Waals surface area contributed by atoms with Crippen LogP contribution in [-0.4, -0.2) is 17.5 Å². The summed E-state index contributed by atoms with van der Waals surface area (Å²) < 4.78 is 0. The van der Waals surface area contributed by atoms with E-state index in [1.165, 1.54) is 16.1 Å². The van der Waals surface area contributed by atoms with Crippen molar-refractivity contribution in [3.63, 3.8) is 0 Å². The largest absolute Gasteiger partial charge is 0.370 e. The zero-order valence-corrected chi connectivity index (χ0v) is 13.6. The van der Waals surface area contributed by atoms with Gasteiger partial charge in [0, 0.05) is 24.0 Å². The Morgan fingerprint density at radius 3 is 2.62 bits per heavy atom. The highest BCUT2D eigenvalue weighted by molar-refractivity contribution is 7.09. The fraction of sp³-hybridized carbons (Fsp3) is 0.375. The maximum absolute atomic E-state index is 5.92. The molecule has 0 spiro atoms. The van der Waals surface area contributed by atoms with Crippen molar-refractivity contribution in [3.05, 3.63) is 45.4 Å². The van der Waals surface area contributed by atoms with Crippen LogP contribution in [0.5, 0.6) is 0 Å². The van der Waals surface area contributed by atoms with E-state index in [0.29, 0.717) is 12.5 Å². The summed E-state index contributed by atoms with van der Waals surface area (Å²) in [6, 6.07) is 6.25. The summed E-state index contributed by atoms with van der Waals surface area (Å²) in [4.78, 5) is 8.88. The lowest BCUT2D eigenvalue weighted by molar-refractivity contribution is 0.916. The lowest BCUT2D eigenvalue weighted by Gasteiger charge is -2.07. The molecular formula is C16H22N4S. The Balaban J connectivity index is 1.88. The average molecular weight is 302 g/mol. The molecule has 5 heteroatoms. The van der Waals surface area contributed by atoms with E-state index < -0.39 is 0 Å². The number of aryl methyl sites for hydroxylation is 3. The predicted molar refractivity (Wildman–Crippen MR) is 91.2 cm³/mol. The van der Waals surface area contributed by atoms with E-state index in [1.54, 1.807) is 11.3 Å². The van der Waals surface area contributed by atoms with Crippen LogP contribution >= 0.6 is 11.3 Å². The summed E-state index contributed by atoms with van der Waals surface area (Å²) in [5.41, 5.74) is 10.4. The number of anilines is 1. The summed E-state index contributed by atoms with van der Waals surface area (Å²) >= 11 is 1.71. The van der Waals surface area contributed by atoms with Crippen LogP contribution in [-0.2, 0) is 12.8 Å². The third kappa shape index (κ3) is 4.86. The van der Waals surface area contributed by atoms with Gasteiger partial charge in [-0.2, -0.15) is 0 Å².